The van der Waals surface area contributed by atoms with Crippen molar-refractivity contribution in [2.75, 3.05) is 19.4 Å². The molecule has 0 unspecified atom stereocenters. The summed E-state index contributed by atoms with van der Waals surface area (Å²) in [6.45, 7) is 0. The van der Waals surface area contributed by atoms with Gasteiger partial charge in [0.1, 0.15) is 5.82 Å². The minimum atomic E-state index is -3.71. The Bertz CT molecular complexity index is 1130. The summed E-state index contributed by atoms with van der Waals surface area (Å²) in [6, 6.07) is 10.2. The van der Waals surface area contributed by atoms with E-state index in [4.69, 9.17) is 0 Å². The summed E-state index contributed by atoms with van der Waals surface area (Å²) < 4.78 is 39.3. The third kappa shape index (κ3) is 4.30. The molecule has 0 radical (unpaired) electrons. The van der Waals surface area contributed by atoms with Gasteiger partial charge in [0.05, 0.1) is 10.6 Å². The molecule has 0 aliphatic heterocycles. The van der Waals surface area contributed by atoms with Gasteiger partial charge in [-0.25, -0.2) is 22.1 Å². The summed E-state index contributed by atoms with van der Waals surface area (Å²) in [6.07, 6.45) is 0. The molecule has 1 heterocycles. The SMILES string of the molecule is CN(C)S(=O)(=O)c1cc(C(=O)Nc2nc(-c3ccc(F)cc3)cs2)ccc1Br. The van der Waals surface area contributed by atoms with E-state index in [0.29, 0.717) is 15.3 Å². The van der Waals surface area contributed by atoms with Crippen molar-refractivity contribution < 1.29 is 17.6 Å². The topological polar surface area (TPSA) is 79.4 Å². The number of halogens is 2. The smallest absolute Gasteiger partial charge is 0.257 e. The number of hydrogen-bond donors (Lipinski definition) is 1. The standard InChI is InChI=1S/C18H15BrFN3O3S2/c1-23(2)28(25,26)16-9-12(5-8-14(16)19)17(24)22-18-21-15(10-27-18)11-3-6-13(20)7-4-11/h3-10H,1-2H3,(H,21,22,24). The van der Waals surface area contributed by atoms with Gasteiger partial charge in [-0.2, -0.15) is 0 Å². The number of carbonyl (C=O) groups is 1. The first-order valence-corrected chi connectivity index (χ1v) is 11.0. The third-order valence-corrected chi connectivity index (χ3v) is 7.38. The number of anilines is 1. The first kappa shape index (κ1) is 20.6. The molecule has 0 atom stereocenters. The molecular weight excluding hydrogens is 469 g/mol. The lowest BCUT2D eigenvalue weighted by Crippen LogP contribution is -2.23. The molecule has 1 amide bonds. The molecule has 0 fully saturated rings. The first-order valence-electron chi connectivity index (χ1n) is 7.93. The van der Waals surface area contributed by atoms with E-state index in [0.717, 1.165) is 9.87 Å². The van der Waals surface area contributed by atoms with Gasteiger partial charge in [-0.3, -0.25) is 10.1 Å². The van der Waals surface area contributed by atoms with Crippen molar-refractivity contribution in [1.29, 1.82) is 0 Å². The lowest BCUT2D eigenvalue weighted by molar-refractivity contribution is 0.102. The zero-order valence-electron chi connectivity index (χ0n) is 14.8. The average Bonchev–Trinajstić information content (AvgIpc) is 3.10. The molecule has 0 spiro atoms. The highest BCUT2D eigenvalue weighted by Crippen LogP contribution is 2.27. The molecule has 0 bridgehead atoms. The number of benzene rings is 2. The van der Waals surface area contributed by atoms with Crippen LogP contribution in [0.15, 0.2) is 57.2 Å². The first-order chi connectivity index (χ1) is 13.2. The second kappa shape index (κ2) is 8.08. The van der Waals surface area contributed by atoms with E-state index in [-0.39, 0.29) is 16.3 Å². The fourth-order valence-electron chi connectivity index (χ4n) is 2.29. The molecule has 3 rings (SSSR count). The minimum Gasteiger partial charge on any atom is -0.298 e. The highest BCUT2D eigenvalue weighted by Gasteiger charge is 2.22. The number of thiazole rings is 1. The minimum absolute atomic E-state index is 0.00344. The number of hydrogen-bond acceptors (Lipinski definition) is 5. The van der Waals surface area contributed by atoms with Crippen LogP contribution in [0.5, 0.6) is 0 Å². The van der Waals surface area contributed by atoms with Gasteiger partial charge in [0, 0.05) is 35.1 Å². The molecule has 2 aromatic carbocycles. The van der Waals surface area contributed by atoms with Crippen LogP contribution >= 0.6 is 27.3 Å². The van der Waals surface area contributed by atoms with Crippen molar-refractivity contribution in [2.24, 2.45) is 0 Å². The molecule has 3 aromatic rings. The van der Waals surface area contributed by atoms with Gasteiger partial charge in [-0.05, 0) is 58.4 Å². The average molecular weight is 484 g/mol. The highest BCUT2D eigenvalue weighted by atomic mass is 79.9. The number of carbonyl (C=O) groups excluding carboxylic acids is 1. The van der Waals surface area contributed by atoms with Crippen LogP contribution in [0.2, 0.25) is 0 Å². The lowest BCUT2D eigenvalue weighted by atomic mass is 10.2. The second-order valence-electron chi connectivity index (χ2n) is 5.93. The molecule has 6 nitrogen and oxygen atoms in total. The Kier molecular flexibility index (Phi) is 5.94. The van der Waals surface area contributed by atoms with Gasteiger partial charge in [0.25, 0.3) is 5.91 Å². The maximum atomic E-state index is 13.0. The second-order valence-corrected chi connectivity index (χ2v) is 9.76. The predicted octanol–water partition coefficient (Wildman–Crippen LogP) is 4.21. The van der Waals surface area contributed by atoms with Crippen LogP contribution in [0.3, 0.4) is 0 Å². The quantitative estimate of drug-likeness (QED) is 0.589. The Labute approximate surface area is 174 Å². The number of aromatic nitrogens is 1. The van der Waals surface area contributed by atoms with Gasteiger partial charge in [0.15, 0.2) is 5.13 Å². The maximum absolute atomic E-state index is 13.0. The largest absolute Gasteiger partial charge is 0.298 e. The summed E-state index contributed by atoms with van der Waals surface area (Å²) in [7, 11) is -0.874. The van der Waals surface area contributed by atoms with Gasteiger partial charge in [-0.15, -0.1) is 11.3 Å². The Hall–Kier alpha value is -2.14. The summed E-state index contributed by atoms with van der Waals surface area (Å²) in [4.78, 5) is 16.9. The summed E-state index contributed by atoms with van der Waals surface area (Å²) >= 11 is 4.43. The summed E-state index contributed by atoms with van der Waals surface area (Å²) in [5, 5.41) is 4.75. The third-order valence-electron chi connectivity index (χ3n) is 3.82. The molecule has 1 N–H and O–H groups in total. The van der Waals surface area contributed by atoms with Gasteiger partial charge >= 0.3 is 0 Å². The zero-order chi connectivity index (χ0) is 20.5. The Morgan fingerprint density at radius 2 is 1.86 bits per heavy atom. The highest BCUT2D eigenvalue weighted by molar-refractivity contribution is 9.10. The van der Waals surface area contributed by atoms with Gasteiger partial charge in [0.2, 0.25) is 10.0 Å². The number of nitrogens with one attached hydrogen (secondary N) is 1. The van der Waals surface area contributed by atoms with Crippen LogP contribution in [-0.4, -0.2) is 37.7 Å². The van der Waals surface area contributed by atoms with E-state index in [1.165, 1.54) is 55.8 Å². The van der Waals surface area contributed by atoms with Crippen molar-refractivity contribution >= 4 is 48.3 Å². The van der Waals surface area contributed by atoms with E-state index in [2.05, 4.69) is 26.2 Å². The number of sulfonamides is 1. The molecule has 0 saturated heterocycles. The molecule has 28 heavy (non-hydrogen) atoms. The van der Waals surface area contributed by atoms with Crippen LogP contribution in [-0.2, 0) is 10.0 Å². The summed E-state index contributed by atoms with van der Waals surface area (Å²) in [5.74, 6) is -0.825. The Morgan fingerprint density at radius 1 is 1.18 bits per heavy atom. The number of amides is 1. The molecule has 1 aromatic heterocycles. The van der Waals surface area contributed by atoms with E-state index in [1.807, 2.05) is 0 Å². The molecular formula is C18H15BrFN3O3S2. The molecule has 0 aliphatic rings. The Morgan fingerprint density at radius 3 is 2.50 bits per heavy atom. The summed E-state index contributed by atoms with van der Waals surface area (Å²) in [5.41, 5.74) is 1.51. The molecule has 0 saturated carbocycles. The van der Waals surface area contributed by atoms with Gasteiger partial charge in [-0.1, -0.05) is 0 Å². The maximum Gasteiger partial charge on any atom is 0.257 e. The number of nitrogens with zero attached hydrogens (tertiary/aromatic N) is 2. The Balaban J connectivity index is 1.83. The van der Waals surface area contributed by atoms with Gasteiger partial charge < -0.3 is 0 Å². The van der Waals surface area contributed by atoms with E-state index in [1.54, 1.807) is 17.5 Å². The van der Waals surface area contributed by atoms with Crippen molar-refractivity contribution in [3.63, 3.8) is 0 Å². The lowest BCUT2D eigenvalue weighted by Gasteiger charge is -2.13. The molecule has 10 heteroatoms. The number of rotatable bonds is 5. The van der Waals surface area contributed by atoms with Crippen molar-refractivity contribution in [3.05, 3.63) is 63.7 Å². The van der Waals surface area contributed by atoms with Crippen molar-refractivity contribution in [3.8, 4) is 11.3 Å². The predicted molar refractivity (Wildman–Crippen MR) is 110 cm³/mol. The van der Waals surface area contributed by atoms with Crippen LogP contribution in [0.4, 0.5) is 9.52 Å². The van der Waals surface area contributed by atoms with Crippen LogP contribution in [0, 0.1) is 5.82 Å². The van der Waals surface area contributed by atoms with E-state index in [9.17, 15) is 17.6 Å². The van der Waals surface area contributed by atoms with Crippen LogP contribution < -0.4 is 5.32 Å². The zero-order valence-corrected chi connectivity index (χ0v) is 18.0. The monoisotopic (exact) mass is 483 g/mol. The van der Waals surface area contributed by atoms with E-state index < -0.39 is 15.9 Å². The van der Waals surface area contributed by atoms with Crippen LogP contribution in [0.25, 0.3) is 11.3 Å². The van der Waals surface area contributed by atoms with Crippen LogP contribution in [0.1, 0.15) is 10.4 Å². The fraction of sp³-hybridized carbons (Fsp3) is 0.111. The van der Waals surface area contributed by atoms with Crippen molar-refractivity contribution in [2.45, 2.75) is 4.90 Å². The molecule has 146 valence electrons. The van der Waals surface area contributed by atoms with Crippen molar-refractivity contribution in [1.82, 2.24) is 9.29 Å². The van der Waals surface area contributed by atoms with E-state index >= 15 is 0 Å². The normalized spacial score (nSPS) is 11.6. The molecule has 0 aliphatic carbocycles. The fourth-order valence-corrected chi connectivity index (χ4v) is 4.85.